The zero-order valence-electron chi connectivity index (χ0n) is 10.9. The van der Waals surface area contributed by atoms with Crippen LogP contribution in [-0.2, 0) is 10.0 Å². The molecule has 0 amide bonds. The predicted molar refractivity (Wildman–Crippen MR) is 83.1 cm³/mol. The van der Waals surface area contributed by atoms with Crippen molar-refractivity contribution in [3.8, 4) is 0 Å². The minimum absolute atomic E-state index is 0.0921. The van der Waals surface area contributed by atoms with Crippen LogP contribution in [0, 0.1) is 10.1 Å². The van der Waals surface area contributed by atoms with Gasteiger partial charge in [0.25, 0.3) is 15.7 Å². The summed E-state index contributed by atoms with van der Waals surface area (Å²) < 4.78 is 26.2. The van der Waals surface area contributed by atoms with E-state index in [9.17, 15) is 18.5 Å². The van der Waals surface area contributed by atoms with Gasteiger partial charge in [-0.1, -0.05) is 18.2 Å². The molecule has 1 aromatic heterocycles. The number of hydrogen-bond donors (Lipinski definition) is 0. The molecule has 0 bridgehead atoms. The molecule has 0 aliphatic rings. The van der Waals surface area contributed by atoms with E-state index in [-0.39, 0.29) is 20.6 Å². The maximum atomic E-state index is 12.6. The molecule has 22 heavy (non-hydrogen) atoms. The van der Waals surface area contributed by atoms with E-state index >= 15 is 0 Å². The second-order valence-electron chi connectivity index (χ2n) is 4.43. The van der Waals surface area contributed by atoms with Gasteiger partial charge in [-0.3, -0.25) is 10.1 Å². The van der Waals surface area contributed by atoms with Crippen LogP contribution in [0.25, 0.3) is 10.9 Å². The summed E-state index contributed by atoms with van der Waals surface area (Å²) in [6.45, 7) is 0. The van der Waals surface area contributed by atoms with E-state index in [1.54, 1.807) is 18.2 Å². The number of nitro groups is 1. The van der Waals surface area contributed by atoms with Crippen molar-refractivity contribution in [2.75, 3.05) is 0 Å². The van der Waals surface area contributed by atoms with Crippen LogP contribution in [0.5, 0.6) is 0 Å². The lowest BCUT2D eigenvalue weighted by Crippen LogP contribution is -2.14. The van der Waals surface area contributed by atoms with Crippen LogP contribution in [0.1, 0.15) is 0 Å². The first kappa shape index (κ1) is 14.7. The fourth-order valence-corrected chi connectivity index (χ4v) is 3.80. The predicted octanol–water partition coefficient (Wildman–Crippen LogP) is 2.94. The Morgan fingerprint density at radius 1 is 1.18 bits per heavy atom. The van der Waals surface area contributed by atoms with Gasteiger partial charge in [0.15, 0.2) is 0 Å². The zero-order chi connectivity index (χ0) is 15.9. The Balaban J connectivity index is 2.25. The van der Waals surface area contributed by atoms with Gasteiger partial charge in [-0.05, 0) is 34.1 Å². The van der Waals surface area contributed by atoms with E-state index in [1.807, 2.05) is 0 Å². The highest BCUT2D eigenvalue weighted by Gasteiger charge is 2.22. The quantitative estimate of drug-likeness (QED) is 0.513. The summed E-state index contributed by atoms with van der Waals surface area (Å²) >= 11 is 3.08. The minimum Gasteiger partial charge on any atom is -0.258 e. The van der Waals surface area contributed by atoms with Crippen molar-refractivity contribution >= 4 is 42.5 Å². The SMILES string of the molecule is O=[N+]([O-])c1cc2cnn(S(=O)(=O)c3ccccc3)c2cc1Br. The average Bonchev–Trinajstić information content (AvgIpc) is 2.90. The second kappa shape index (κ2) is 5.18. The van der Waals surface area contributed by atoms with Gasteiger partial charge < -0.3 is 0 Å². The summed E-state index contributed by atoms with van der Waals surface area (Å²) in [6, 6.07) is 10.5. The summed E-state index contributed by atoms with van der Waals surface area (Å²) in [5, 5.41) is 15.2. The lowest BCUT2D eigenvalue weighted by Gasteiger charge is -2.06. The maximum absolute atomic E-state index is 12.6. The normalized spacial score (nSPS) is 11.7. The number of fused-ring (bicyclic) bond motifs is 1. The summed E-state index contributed by atoms with van der Waals surface area (Å²) in [5.74, 6) is 0. The van der Waals surface area contributed by atoms with E-state index in [4.69, 9.17) is 0 Å². The van der Waals surface area contributed by atoms with Crippen molar-refractivity contribution in [3.63, 3.8) is 0 Å². The van der Waals surface area contributed by atoms with E-state index in [1.165, 1.54) is 30.5 Å². The van der Waals surface area contributed by atoms with Crippen molar-refractivity contribution < 1.29 is 13.3 Å². The molecule has 2 aromatic carbocycles. The van der Waals surface area contributed by atoms with Gasteiger partial charge in [0.1, 0.15) is 0 Å². The molecule has 112 valence electrons. The van der Waals surface area contributed by atoms with Crippen LogP contribution >= 0.6 is 15.9 Å². The smallest absolute Gasteiger partial charge is 0.258 e. The number of benzene rings is 2. The lowest BCUT2D eigenvalue weighted by molar-refractivity contribution is -0.385. The summed E-state index contributed by atoms with van der Waals surface area (Å²) in [6.07, 6.45) is 1.29. The zero-order valence-corrected chi connectivity index (χ0v) is 13.3. The molecule has 0 saturated carbocycles. The Hall–Kier alpha value is -2.26. The average molecular weight is 382 g/mol. The number of aromatic nitrogens is 2. The number of hydrogen-bond acceptors (Lipinski definition) is 5. The third kappa shape index (κ3) is 2.28. The highest BCUT2D eigenvalue weighted by atomic mass is 79.9. The van der Waals surface area contributed by atoms with Crippen LogP contribution in [-0.4, -0.2) is 22.5 Å². The largest absolute Gasteiger partial charge is 0.284 e. The van der Waals surface area contributed by atoms with Crippen LogP contribution in [0.4, 0.5) is 5.69 Å². The standard InChI is InChI=1S/C13H8BrN3O4S/c14-11-7-12-9(6-13(11)17(18)19)8-15-16(12)22(20,21)10-4-2-1-3-5-10/h1-8H. The van der Waals surface area contributed by atoms with Crippen LogP contribution in [0.15, 0.2) is 58.0 Å². The Kier molecular flexibility index (Phi) is 3.45. The van der Waals surface area contributed by atoms with Crippen molar-refractivity contribution in [2.45, 2.75) is 4.90 Å². The summed E-state index contributed by atoms with van der Waals surface area (Å²) in [5.41, 5.74) is 0.116. The van der Waals surface area contributed by atoms with Crippen molar-refractivity contribution in [1.82, 2.24) is 9.19 Å². The van der Waals surface area contributed by atoms with Crippen LogP contribution in [0.3, 0.4) is 0 Å². The number of halogens is 1. The second-order valence-corrected chi connectivity index (χ2v) is 7.05. The van der Waals surface area contributed by atoms with Crippen molar-refractivity contribution in [3.05, 3.63) is 63.2 Å². The van der Waals surface area contributed by atoms with Crippen molar-refractivity contribution in [2.24, 2.45) is 0 Å². The van der Waals surface area contributed by atoms with E-state index in [0.717, 1.165) is 4.09 Å². The molecule has 0 fully saturated rings. The Bertz CT molecular complexity index is 983. The van der Waals surface area contributed by atoms with E-state index < -0.39 is 14.9 Å². The third-order valence-electron chi connectivity index (χ3n) is 3.07. The molecule has 0 aliphatic carbocycles. The molecule has 0 spiro atoms. The molecule has 3 rings (SSSR count). The molecule has 7 nitrogen and oxygen atoms in total. The molecule has 0 saturated heterocycles. The molecule has 3 aromatic rings. The lowest BCUT2D eigenvalue weighted by atomic mass is 10.2. The summed E-state index contributed by atoms with van der Waals surface area (Å²) in [7, 11) is -3.86. The first-order valence-electron chi connectivity index (χ1n) is 6.03. The highest BCUT2D eigenvalue weighted by molar-refractivity contribution is 9.10. The monoisotopic (exact) mass is 381 g/mol. The number of nitro benzene ring substituents is 1. The molecule has 0 N–H and O–H groups in total. The maximum Gasteiger partial charge on any atom is 0.284 e. The molecule has 0 aliphatic heterocycles. The van der Waals surface area contributed by atoms with Gasteiger partial charge in [0, 0.05) is 11.5 Å². The molecule has 0 atom stereocenters. The topological polar surface area (TPSA) is 95.1 Å². The van der Waals surface area contributed by atoms with Crippen molar-refractivity contribution in [1.29, 1.82) is 0 Å². The Morgan fingerprint density at radius 3 is 2.50 bits per heavy atom. The first-order valence-corrected chi connectivity index (χ1v) is 8.27. The van der Waals surface area contributed by atoms with E-state index in [2.05, 4.69) is 21.0 Å². The highest BCUT2D eigenvalue weighted by Crippen LogP contribution is 2.31. The number of nitrogens with zero attached hydrogens (tertiary/aromatic N) is 3. The minimum atomic E-state index is -3.86. The van der Waals surface area contributed by atoms with Gasteiger partial charge in [-0.2, -0.15) is 17.6 Å². The third-order valence-corrected chi connectivity index (χ3v) is 5.32. The van der Waals surface area contributed by atoms with E-state index in [0.29, 0.717) is 5.39 Å². The Morgan fingerprint density at radius 2 is 1.86 bits per heavy atom. The fourth-order valence-electron chi connectivity index (χ4n) is 2.04. The fraction of sp³-hybridized carbons (Fsp3) is 0. The number of rotatable bonds is 3. The Labute approximate surface area is 133 Å². The summed E-state index contributed by atoms with van der Waals surface area (Å²) in [4.78, 5) is 10.5. The molecule has 0 radical (unpaired) electrons. The molecule has 9 heteroatoms. The molecular weight excluding hydrogens is 374 g/mol. The van der Waals surface area contributed by atoms with Gasteiger partial charge in [0.05, 0.1) is 26.0 Å². The molecule has 0 unspecified atom stereocenters. The van der Waals surface area contributed by atoms with Gasteiger partial charge >= 0.3 is 0 Å². The van der Waals surface area contributed by atoms with Gasteiger partial charge in [0.2, 0.25) is 0 Å². The first-order chi connectivity index (χ1) is 10.4. The molecule has 1 heterocycles. The van der Waals surface area contributed by atoms with Gasteiger partial charge in [-0.25, -0.2) is 0 Å². The van der Waals surface area contributed by atoms with Gasteiger partial charge in [-0.15, -0.1) is 0 Å². The molecular formula is C13H8BrN3O4S. The van der Waals surface area contributed by atoms with Crippen LogP contribution in [0.2, 0.25) is 0 Å². The van der Waals surface area contributed by atoms with Crippen LogP contribution < -0.4 is 0 Å².